The lowest BCUT2D eigenvalue weighted by molar-refractivity contribution is 1.41. The second-order valence-electron chi connectivity index (χ2n) is 1.90. The zero-order valence-corrected chi connectivity index (χ0v) is 6.41. The van der Waals surface area contributed by atoms with Crippen LogP contribution in [0.3, 0.4) is 0 Å². The van der Waals surface area contributed by atoms with Gasteiger partial charge in [0, 0.05) is 4.91 Å². The number of fused-ring (bicyclic) bond motifs is 1. The van der Waals surface area contributed by atoms with Crippen molar-refractivity contribution in [3.05, 3.63) is 33.9 Å². The predicted molar refractivity (Wildman–Crippen MR) is 45.3 cm³/mol. The van der Waals surface area contributed by atoms with E-state index in [1.807, 2.05) is 23.5 Å². The van der Waals surface area contributed by atoms with Gasteiger partial charge in [0.25, 0.3) is 0 Å². The largest absolute Gasteiger partial charge is 0.121 e. The van der Waals surface area contributed by atoms with Gasteiger partial charge in [-0.3, -0.25) is 0 Å². The third kappa shape index (κ3) is 0.970. The van der Waals surface area contributed by atoms with Crippen LogP contribution in [0.2, 0.25) is 0 Å². The fraction of sp³-hybridized carbons (Fsp3) is 0.143. The van der Waals surface area contributed by atoms with E-state index >= 15 is 0 Å². The normalized spacial score (nSPS) is 30.2. The highest BCUT2D eigenvalue weighted by Crippen LogP contribution is 2.39. The minimum absolute atomic E-state index is 0.639. The van der Waals surface area contributed by atoms with Gasteiger partial charge in [0.05, 0.1) is 5.25 Å². The molecule has 2 heterocycles. The molecule has 0 radical (unpaired) electrons. The Hall–Kier alpha value is -0.0800. The summed E-state index contributed by atoms with van der Waals surface area (Å²) in [6.45, 7) is 0. The minimum Gasteiger partial charge on any atom is -0.121 e. The van der Waals surface area contributed by atoms with Crippen LogP contribution in [0.5, 0.6) is 0 Å². The van der Waals surface area contributed by atoms with Gasteiger partial charge in [-0.1, -0.05) is 18.2 Å². The maximum absolute atomic E-state index is 2.24. The molecule has 2 heteroatoms. The SMILES string of the molecule is C1=CSC2C=CSC2=C1. The Morgan fingerprint density at radius 1 is 1.33 bits per heavy atom. The lowest BCUT2D eigenvalue weighted by Gasteiger charge is -2.08. The third-order valence-corrected chi connectivity index (χ3v) is 3.43. The summed E-state index contributed by atoms with van der Waals surface area (Å²) in [6.07, 6.45) is 6.53. The number of rotatable bonds is 0. The van der Waals surface area contributed by atoms with Gasteiger partial charge in [0.1, 0.15) is 0 Å². The van der Waals surface area contributed by atoms with Crippen LogP contribution in [0.25, 0.3) is 0 Å². The van der Waals surface area contributed by atoms with Crippen molar-refractivity contribution in [2.24, 2.45) is 0 Å². The van der Waals surface area contributed by atoms with Crippen molar-refractivity contribution < 1.29 is 0 Å². The van der Waals surface area contributed by atoms with E-state index in [1.54, 1.807) is 0 Å². The summed E-state index contributed by atoms with van der Waals surface area (Å²) in [5.41, 5.74) is 0. The van der Waals surface area contributed by atoms with Gasteiger partial charge in [0.15, 0.2) is 0 Å². The highest BCUT2D eigenvalue weighted by molar-refractivity contribution is 8.09. The van der Waals surface area contributed by atoms with E-state index in [0.29, 0.717) is 5.25 Å². The molecule has 2 rings (SSSR count). The molecule has 0 aliphatic carbocycles. The summed E-state index contributed by atoms with van der Waals surface area (Å²) in [5, 5.41) is 4.95. The fourth-order valence-electron chi connectivity index (χ4n) is 0.862. The molecule has 2 aliphatic rings. The molecule has 0 aromatic rings. The van der Waals surface area contributed by atoms with E-state index in [0.717, 1.165) is 0 Å². The highest BCUT2D eigenvalue weighted by Gasteiger charge is 2.16. The quantitative estimate of drug-likeness (QED) is 0.526. The molecular formula is C7H6S2. The molecule has 1 atom stereocenters. The number of hydrogen-bond acceptors (Lipinski definition) is 2. The van der Waals surface area contributed by atoms with Crippen molar-refractivity contribution in [3.8, 4) is 0 Å². The second kappa shape index (κ2) is 2.27. The van der Waals surface area contributed by atoms with Gasteiger partial charge in [-0.25, -0.2) is 0 Å². The molecule has 0 spiro atoms. The topological polar surface area (TPSA) is 0 Å². The van der Waals surface area contributed by atoms with Crippen LogP contribution in [-0.2, 0) is 0 Å². The van der Waals surface area contributed by atoms with Crippen LogP contribution in [0.15, 0.2) is 33.9 Å². The molecule has 0 saturated carbocycles. The maximum Gasteiger partial charge on any atom is 0.0589 e. The maximum atomic E-state index is 2.24. The van der Waals surface area contributed by atoms with E-state index in [9.17, 15) is 0 Å². The molecule has 1 unspecified atom stereocenters. The molecule has 0 saturated heterocycles. The van der Waals surface area contributed by atoms with E-state index in [2.05, 4.69) is 29.0 Å². The Balaban J connectivity index is 2.29. The van der Waals surface area contributed by atoms with Crippen molar-refractivity contribution in [2.75, 3.05) is 0 Å². The lowest BCUT2D eigenvalue weighted by atomic mass is 10.3. The van der Waals surface area contributed by atoms with Crippen LogP contribution in [-0.4, -0.2) is 5.25 Å². The average Bonchev–Trinajstić information content (AvgIpc) is 2.33. The van der Waals surface area contributed by atoms with Gasteiger partial charge in [0.2, 0.25) is 0 Å². The van der Waals surface area contributed by atoms with Gasteiger partial charge < -0.3 is 0 Å². The van der Waals surface area contributed by atoms with Crippen LogP contribution >= 0.6 is 23.5 Å². The predicted octanol–water partition coefficient (Wildman–Crippen LogP) is 2.76. The first-order valence-corrected chi connectivity index (χ1v) is 4.64. The molecule has 2 aliphatic heterocycles. The van der Waals surface area contributed by atoms with Gasteiger partial charge in [-0.05, 0) is 10.8 Å². The molecule has 46 valence electrons. The molecule has 0 bridgehead atoms. The molecular weight excluding hydrogens is 148 g/mol. The van der Waals surface area contributed by atoms with E-state index in [-0.39, 0.29) is 0 Å². The van der Waals surface area contributed by atoms with Crippen molar-refractivity contribution in [2.45, 2.75) is 5.25 Å². The molecule has 0 fully saturated rings. The Kier molecular flexibility index (Phi) is 1.44. The second-order valence-corrected chi connectivity index (χ2v) is 3.93. The Morgan fingerprint density at radius 3 is 3.22 bits per heavy atom. The molecule has 0 amide bonds. The van der Waals surface area contributed by atoms with Gasteiger partial charge in [-0.2, -0.15) is 0 Å². The van der Waals surface area contributed by atoms with E-state index < -0.39 is 0 Å². The smallest absolute Gasteiger partial charge is 0.0589 e. The average molecular weight is 154 g/mol. The third-order valence-electron chi connectivity index (χ3n) is 1.30. The summed E-state index contributed by atoms with van der Waals surface area (Å²) in [5.74, 6) is 0. The Bertz CT molecular complexity index is 201. The number of allylic oxidation sites excluding steroid dienone is 2. The van der Waals surface area contributed by atoms with E-state index in [4.69, 9.17) is 0 Å². The first-order valence-electron chi connectivity index (χ1n) is 2.82. The zero-order valence-electron chi connectivity index (χ0n) is 4.78. The Morgan fingerprint density at radius 2 is 2.33 bits per heavy atom. The van der Waals surface area contributed by atoms with Crippen molar-refractivity contribution >= 4 is 23.5 Å². The summed E-state index contributed by atoms with van der Waals surface area (Å²) >= 11 is 3.71. The van der Waals surface area contributed by atoms with Gasteiger partial charge >= 0.3 is 0 Å². The molecule has 0 N–H and O–H groups in total. The summed E-state index contributed by atoms with van der Waals surface area (Å²) < 4.78 is 0. The molecule has 9 heavy (non-hydrogen) atoms. The first-order chi connectivity index (χ1) is 4.47. The standard InChI is InChI=1S/C7H6S2/c1-2-6-7(8-4-1)3-5-9-6/h1-5,7H. The Labute approximate surface area is 63.1 Å². The van der Waals surface area contributed by atoms with Crippen LogP contribution < -0.4 is 0 Å². The number of thioether (sulfide) groups is 2. The summed E-state index contributed by atoms with van der Waals surface area (Å²) in [6, 6.07) is 0. The summed E-state index contributed by atoms with van der Waals surface area (Å²) in [4.78, 5) is 1.47. The lowest BCUT2D eigenvalue weighted by Crippen LogP contribution is -1.95. The fourth-order valence-corrected chi connectivity index (χ4v) is 2.78. The van der Waals surface area contributed by atoms with Gasteiger partial charge in [-0.15, -0.1) is 23.5 Å². The van der Waals surface area contributed by atoms with Crippen molar-refractivity contribution in [1.29, 1.82) is 0 Å². The zero-order chi connectivity index (χ0) is 6.10. The molecule has 0 aromatic carbocycles. The van der Waals surface area contributed by atoms with Crippen molar-refractivity contribution in [3.63, 3.8) is 0 Å². The minimum atomic E-state index is 0.639. The van der Waals surface area contributed by atoms with E-state index in [1.165, 1.54) is 4.91 Å². The van der Waals surface area contributed by atoms with Crippen LogP contribution in [0, 0.1) is 0 Å². The first kappa shape index (κ1) is 5.69. The monoisotopic (exact) mass is 154 g/mol. The van der Waals surface area contributed by atoms with Crippen molar-refractivity contribution in [1.82, 2.24) is 0 Å². The van der Waals surface area contributed by atoms with Crippen LogP contribution in [0.1, 0.15) is 0 Å². The summed E-state index contributed by atoms with van der Waals surface area (Å²) in [7, 11) is 0. The molecule has 0 nitrogen and oxygen atoms in total. The van der Waals surface area contributed by atoms with Crippen LogP contribution in [0.4, 0.5) is 0 Å². The highest BCUT2D eigenvalue weighted by atomic mass is 32.2. The molecule has 0 aromatic heterocycles. The number of hydrogen-bond donors (Lipinski definition) is 0.